The van der Waals surface area contributed by atoms with Crippen LogP contribution in [0.3, 0.4) is 0 Å². The van der Waals surface area contributed by atoms with Crippen LogP contribution < -0.4 is 4.90 Å². The summed E-state index contributed by atoms with van der Waals surface area (Å²) in [5.74, 6) is 0. The number of hydrogen-bond donors (Lipinski definition) is 0. The van der Waals surface area contributed by atoms with Crippen LogP contribution in [0.2, 0.25) is 0 Å². The molecule has 0 bridgehead atoms. The minimum Gasteiger partial charge on any atom is -0.310 e. The van der Waals surface area contributed by atoms with Gasteiger partial charge in [0, 0.05) is 23.3 Å². The van der Waals surface area contributed by atoms with Gasteiger partial charge in [0.1, 0.15) is 4.75 Å². The number of nitrogens with zero attached hydrogens (tertiary/aromatic N) is 1. The molecule has 0 saturated heterocycles. The zero-order chi connectivity index (χ0) is 27.3. The smallest absolute Gasteiger partial charge is 0.165 e. The van der Waals surface area contributed by atoms with Gasteiger partial charge in [0.25, 0.3) is 0 Å². The van der Waals surface area contributed by atoms with Gasteiger partial charge in [-0.25, -0.2) is 8.42 Å². The molecule has 0 aromatic heterocycles. The van der Waals surface area contributed by atoms with Gasteiger partial charge in [-0.05, 0) is 86.4 Å². The number of sulfone groups is 1. The molecule has 3 nitrogen and oxygen atoms in total. The van der Waals surface area contributed by atoms with Crippen molar-refractivity contribution in [3.63, 3.8) is 0 Å². The SMILES string of the molecule is C/C=C\C(=C/C)C(c1ccc(C)cc1)(c1ccc(N(c2ccccc2)c2cccc(C)c2)cc1)S(C)(=O)=O. The first-order valence-electron chi connectivity index (χ1n) is 12.8. The molecular weight excluding hydrogens is 486 g/mol. The molecule has 0 saturated carbocycles. The topological polar surface area (TPSA) is 37.4 Å². The summed E-state index contributed by atoms with van der Waals surface area (Å²) in [6.45, 7) is 7.89. The van der Waals surface area contributed by atoms with Gasteiger partial charge in [-0.1, -0.05) is 90.5 Å². The van der Waals surface area contributed by atoms with E-state index in [0.29, 0.717) is 5.56 Å². The maximum absolute atomic E-state index is 13.8. The van der Waals surface area contributed by atoms with Gasteiger partial charge in [0.15, 0.2) is 9.84 Å². The highest BCUT2D eigenvalue weighted by Gasteiger charge is 2.46. The summed E-state index contributed by atoms with van der Waals surface area (Å²) < 4.78 is 26.3. The Hall–Kier alpha value is -3.89. The van der Waals surface area contributed by atoms with Gasteiger partial charge in [0.2, 0.25) is 0 Å². The molecule has 0 aliphatic heterocycles. The lowest BCUT2D eigenvalue weighted by molar-refractivity contribution is 0.578. The Morgan fingerprint density at radius 2 is 1.24 bits per heavy atom. The first kappa shape index (κ1) is 27.2. The van der Waals surface area contributed by atoms with Crippen LogP contribution in [-0.2, 0) is 14.6 Å². The zero-order valence-corrected chi connectivity index (χ0v) is 23.5. The van der Waals surface area contributed by atoms with E-state index < -0.39 is 14.6 Å². The summed E-state index contributed by atoms with van der Waals surface area (Å²) in [5.41, 5.74) is 7.42. The molecule has 194 valence electrons. The minimum atomic E-state index is -3.66. The maximum atomic E-state index is 13.8. The summed E-state index contributed by atoms with van der Waals surface area (Å²) in [4.78, 5) is 2.19. The highest BCUT2D eigenvalue weighted by atomic mass is 32.2. The number of para-hydroxylation sites is 1. The van der Waals surface area contributed by atoms with Gasteiger partial charge < -0.3 is 4.90 Å². The molecule has 0 radical (unpaired) electrons. The van der Waals surface area contributed by atoms with Crippen molar-refractivity contribution >= 4 is 26.9 Å². The fraction of sp³-hybridized carbons (Fsp3) is 0.176. The van der Waals surface area contributed by atoms with E-state index in [4.69, 9.17) is 0 Å². The Balaban J connectivity index is 1.96. The molecule has 0 fully saturated rings. The summed E-state index contributed by atoms with van der Waals surface area (Å²) in [6.07, 6.45) is 7.03. The van der Waals surface area contributed by atoms with E-state index in [0.717, 1.165) is 33.8 Å². The molecule has 0 aliphatic rings. The average Bonchev–Trinajstić information content (AvgIpc) is 2.90. The standard InChI is InChI=1S/C34H35NO2S/c1-6-12-28(7-2)34(38(5,36)37,29-19-17-26(3)18-20-29)30-21-23-32(24-22-30)35(31-14-9-8-10-15-31)33-16-11-13-27(4)25-33/h6-25H,1-5H3/b12-6-,28-7+. The van der Waals surface area contributed by atoms with Crippen molar-refractivity contribution < 1.29 is 8.42 Å². The fourth-order valence-corrected chi connectivity index (χ4v) is 6.91. The second-order valence-corrected chi connectivity index (χ2v) is 11.8. The summed E-state index contributed by atoms with van der Waals surface area (Å²) in [6, 6.07) is 34.3. The van der Waals surface area contributed by atoms with Crippen LogP contribution in [0, 0.1) is 13.8 Å². The molecule has 4 aromatic rings. The number of anilines is 3. The quantitative estimate of drug-likeness (QED) is 0.218. The van der Waals surface area contributed by atoms with Gasteiger partial charge in [-0.15, -0.1) is 0 Å². The summed E-state index contributed by atoms with van der Waals surface area (Å²) in [7, 11) is -3.66. The number of rotatable bonds is 8. The molecule has 0 N–H and O–H groups in total. The molecular formula is C34H35NO2S. The Morgan fingerprint density at radius 3 is 1.76 bits per heavy atom. The third-order valence-electron chi connectivity index (χ3n) is 6.88. The summed E-state index contributed by atoms with van der Waals surface area (Å²) in [5, 5.41) is 0. The van der Waals surface area contributed by atoms with Crippen molar-refractivity contribution in [1.82, 2.24) is 0 Å². The third-order valence-corrected chi connectivity index (χ3v) is 8.70. The summed E-state index contributed by atoms with van der Waals surface area (Å²) >= 11 is 0. The molecule has 1 atom stereocenters. The Kier molecular flexibility index (Phi) is 8.03. The Labute approximate surface area is 227 Å². The Bertz CT molecular complexity index is 1550. The number of aryl methyl sites for hydroxylation is 2. The van der Waals surface area contributed by atoms with E-state index in [9.17, 15) is 8.42 Å². The highest BCUT2D eigenvalue weighted by Crippen LogP contribution is 2.46. The first-order valence-corrected chi connectivity index (χ1v) is 14.7. The van der Waals surface area contributed by atoms with E-state index in [1.54, 1.807) is 0 Å². The lowest BCUT2D eigenvalue weighted by atomic mass is 9.82. The van der Waals surface area contributed by atoms with Crippen LogP contribution in [0.5, 0.6) is 0 Å². The van der Waals surface area contributed by atoms with Crippen LogP contribution >= 0.6 is 0 Å². The van der Waals surface area contributed by atoms with Crippen molar-refractivity contribution in [2.24, 2.45) is 0 Å². The molecule has 0 aliphatic carbocycles. The second-order valence-electron chi connectivity index (χ2n) is 9.62. The second kappa shape index (κ2) is 11.2. The van der Waals surface area contributed by atoms with Crippen LogP contribution in [0.4, 0.5) is 17.1 Å². The molecule has 0 heterocycles. The van der Waals surface area contributed by atoms with Crippen molar-refractivity contribution in [3.05, 3.63) is 149 Å². The predicted octanol–water partition coefficient (Wildman–Crippen LogP) is 8.58. The predicted molar refractivity (Wildman–Crippen MR) is 161 cm³/mol. The van der Waals surface area contributed by atoms with E-state index in [1.165, 1.54) is 11.8 Å². The highest BCUT2D eigenvalue weighted by molar-refractivity contribution is 7.92. The normalized spacial score (nSPS) is 13.9. The number of benzene rings is 4. The van der Waals surface area contributed by atoms with E-state index in [1.807, 2.05) is 106 Å². The van der Waals surface area contributed by atoms with Crippen molar-refractivity contribution in [2.45, 2.75) is 32.4 Å². The van der Waals surface area contributed by atoms with Crippen LogP contribution in [-0.4, -0.2) is 14.7 Å². The molecule has 4 heteroatoms. The Morgan fingerprint density at radius 1 is 0.684 bits per heavy atom. The maximum Gasteiger partial charge on any atom is 0.165 e. The van der Waals surface area contributed by atoms with Crippen LogP contribution in [0.25, 0.3) is 0 Å². The largest absolute Gasteiger partial charge is 0.310 e. The van der Waals surface area contributed by atoms with Gasteiger partial charge in [-0.3, -0.25) is 0 Å². The average molecular weight is 522 g/mol. The van der Waals surface area contributed by atoms with Crippen molar-refractivity contribution in [3.8, 4) is 0 Å². The molecule has 38 heavy (non-hydrogen) atoms. The lowest BCUT2D eigenvalue weighted by Crippen LogP contribution is -2.38. The lowest BCUT2D eigenvalue weighted by Gasteiger charge is -2.35. The van der Waals surface area contributed by atoms with E-state index >= 15 is 0 Å². The van der Waals surface area contributed by atoms with Crippen LogP contribution in [0.15, 0.2) is 127 Å². The molecule has 0 spiro atoms. The number of hydrogen-bond acceptors (Lipinski definition) is 3. The van der Waals surface area contributed by atoms with E-state index in [2.05, 4.69) is 48.2 Å². The molecule has 4 rings (SSSR count). The van der Waals surface area contributed by atoms with Gasteiger partial charge in [0.05, 0.1) is 0 Å². The van der Waals surface area contributed by atoms with E-state index in [-0.39, 0.29) is 0 Å². The fourth-order valence-electron chi connectivity index (χ4n) is 5.16. The van der Waals surface area contributed by atoms with Gasteiger partial charge in [-0.2, -0.15) is 0 Å². The van der Waals surface area contributed by atoms with Gasteiger partial charge >= 0.3 is 0 Å². The third kappa shape index (κ3) is 5.09. The minimum absolute atomic E-state index is 0.705. The number of allylic oxidation sites excluding steroid dienone is 3. The first-order chi connectivity index (χ1) is 18.2. The molecule has 1 unspecified atom stereocenters. The zero-order valence-electron chi connectivity index (χ0n) is 22.7. The molecule has 0 amide bonds. The van der Waals surface area contributed by atoms with Crippen molar-refractivity contribution in [1.29, 1.82) is 0 Å². The van der Waals surface area contributed by atoms with Crippen molar-refractivity contribution in [2.75, 3.05) is 11.2 Å². The monoisotopic (exact) mass is 521 g/mol. The molecule has 4 aromatic carbocycles. The van der Waals surface area contributed by atoms with Crippen LogP contribution in [0.1, 0.15) is 36.1 Å².